The van der Waals surface area contributed by atoms with Crippen molar-refractivity contribution in [2.45, 2.75) is 19.8 Å². The van der Waals surface area contributed by atoms with Crippen LogP contribution in [-0.2, 0) is 13.5 Å². The Hall–Kier alpha value is -1.84. The molecule has 4 heteroatoms. The van der Waals surface area contributed by atoms with Gasteiger partial charge in [-0.25, -0.2) is 0 Å². The highest BCUT2D eigenvalue weighted by Gasteiger charge is 2.10. The van der Waals surface area contributed by atoms with Crippen LogP contribution in [0.4, 0.5) is 0 Å². The number of hydrogen-bond acceptors (Lipinski definition) is 3. The Labute approximate surface area is 93.9 Å². The second-order valence-electron chi connectivity index (χ2n) is 3.86. The molecule has 0 N–H and O–H groups in total. The first-order valence-electron chi connectivity index (χ1n) is 5.22. The zero-order valence-electron chi connectivity index (χ0n) is 9.43. The van der Waals surface area contributed by atoms with Gasteiger partial charge in [-0.2, -0.15) is 5.10 Å². The van der Waals surface area contributed by atoms with Crippen molar-refractivity contribution >= 4 is 5.78 Å². The molecule has 0 unspecified atom stereocenters. The van der Waals surface area contributed by atoms with E-state index in [0.717, 1.165) is 11.3 Å². The van der Waals surface area contributed by atoms with Crippen LogP contribution in [-0.4, -0.2) is 15.6 Å². The van der Waals surface area contributed by atoms with Gasteiger partial charge in [0, 0.05) is 19.7 Å². The molecule has 0 fully saturated rings. The summed E-state index contributed by atoms with van der Waals surface area (Å²) in [6.45, 7) is 1.83. The van der Waals surface area contributed by atoms with Crippen molar-refractivity contribution in [2.24, 2.45) is 7.05 Å². The standard InChI is InChI=1S/C12H14N2O2/c1-9-3-6-12(16-9)11(15)5-4-10-7-13-14(2)8-10/h3,6-8H,4-5H2,1-2H3. The molecule has 0 aliphatic carbocycles. The molecule has 2 heterocycles. The third-order valence-corrected chi connectivity index (χ3v) is 2.41. The molecule has 2 rings (SSSR count). The van der Waals surface area contributed by atoms with E-state index in [2.05, 4.69) is 5.10 Å². The van der Waals surface area contributed by atoms with E-state index in [-0.39, 0.29) is 5.78 Å². The average Bonchev–Trinajstić information content (AvgIpc) is 2.84. The third-order valence-electron chi connectivity index (χ3n) is 2.41. The lowest BCUT2D eigenvalue weighted by atomic mass is 10.1. The number of aryl methyl sites for hydroxylation is 3. The summed E-state index contributed by atoms with van der Waals surface area (Å²) in [6, 6.07) is 3.53. The van der Waals surface area contributed by atoms with Crippen molar-refractivity contribution in [1.82, 2.24) is 9.78 Å². The van der Waals surface area contributed by atoms with Crippen LogP contribution in [0, 0.1) is 6.92 Å². The SMILES string of the molecule is Cc1ccc(C(=O)CCc2cnn(C)c2)o1. The van der Waals surface area contributed by atoms with Gasteiger partial charge in [0.2, 0.25) is 0 Å². The molecule has 0 atom stereocenters. The summed E-state index contributed by atoms with van der Waals surface area (Å²) in [6.07, 6.45) is 4.85. The highest BCUT2D eigenvalue weighted by atomic mass is 16.3. The normalized spacial score (nSPS) is 10.6. The van der Waals surface area contributed by atoms with Crippen LogP contribution >= 0.6 is 0 Å². The summed E-state index contributed by atoms with van der Waals surface area (Å²) < 4.78 is 7.00. The maximum Gasteiger partial charge on any atom is 0.198 e. The summed E-state index contributed by atoms with van der Waals surface area (Å²) in [4.78, 5) is 11.7. The summed E-state index contributed by atoms with van der Waals surface area (Å²) in [5.41, 5.74) is 1.07. The fourth-order valence-corrected chi connectivity index (χ4v) is 1.57. The van der Waals surface area contributed by atoms with E-state index < -0.39 is 0 Å². The molecule has 0 aliphatic rings. The Bertz CT molecular complexity index is 497. The molecule has 4 nitrogen and oxygen atoms in total. The minimum Gasteiger partial charge on any atom is -0.458 e. The Kier molecular flexibility index (Phi) is 2.90. The van der Waals surface area contributed by atoms with E-state index in [9.17, 15) is 4.79 Å². The largest absolute Gasteiger partial charge is 0.458 e. The third kappa shape index (κ3) is 2.39. The molecule has 16 heavy (non-hydrogen) atoms. The lowest BCUT2D eigenvalue weighted by Gasteiger charge is -1.95. The fraction of sp³-hybridized carbons (Fsp3) is 0.333. The van der Waals surface area contributed by atoms with Gasteiger partial charge in [0.1, 0.15) is 5.76 Å². The van der Waals surface area contributed by atoms with Crippen LogP contribution in [0.15, 0.2) is 28.9 Å². The molecular formula is C12H14N2O2. The van der Waals surface area contributed by atoms with Crippen LogP contribution in [0.2, 0.25) is 0 Å². The molecule has 0 spiro atoms. The monoisotopic (exact) mass is 218 g/mol. The number of carbonyl (C=O) groups excluding carboxylic acids is 1. The number of furan rings is 1. The number of hydrogen-bond donors (Lipinski definition) is 0. The first-order chi connectivity index (χ1) is 7.65. The molecule has 0 aliphatic heterocycles. The molecule has 2 aromatic heterocycles. The molecule has 0 aromatic carbocycles. The van der Waals surface area contributed by atoms with Crippen LogP contribution in [0.1, 0.15) is 28.3 Å². The van der Waals surface area contributed by atoms with Gasteiger partial charge < -0.3 is 4.42 Å². The lowest BCUT2D eigenvalue weighted by molar-refractivity contribution is 0.0955. The number of rotatable bonds is 4. The van der Waals surface area contributed by atoms with Gasteiger partial charge in [0.25, 0.3) is 0 Å². The maximum atomic E-state index is 11.7. The molecule has 84 valence electrons. The van der Waals surface area contributed by atoms with Gasteiger partial charge >= 0.3 is 0 Å². The van der Waals surface area contributed by atoms with E-state index >= 15 is 0 Å². The van der Waals surface area contributed by atoms with Gasteiger partial charge in [-0.1, -0.05) is 0 Å². The van der Waals surface area contributed by atoms with Gasteiger partial charge in [-0.15, -0.1) is 0 Å². The van der Waals surface area contributed by atoms with Crippen molar-refractivity contribution in [2.75, 3.05) is 0 Å². The minimum atomic E-state index is 0.0388. The van der Waals surface area contributed by atoms with E-state index in [0.29, 0.717) is 18.6 Å². The predicted molar refractivity (Wildman–Crippen MR) is 59.3 cm³/mol. The highest BCUT2D eigenvalue weighted by molar-refractivity contribution is 5.93. The van der Waals surface area contributed by atoms with Crippen LogP contribution < -0.4 is 0 Å². The summed E-state index contributed by atoms with van der Waals surface area (Å²) >= 11 is 0. The number of Topliss-reactive ketones (excluding diaryl/α,β-unsaturated/α-hetero) is 1. The number of aromatic nitrogens is 2. The Morgan fingerprint density at radius 1 is 1.50 bits per heavy atom. The Morgan fingerprint density at radius 2 is 2.31 bits per heavy atom. The topological polar surface area (TPSA) is 48.0 Å². The van der Waals surface area contributed by atoms with Gasteiger partial charge in [-0.05, 0) is 31.0 Å². The first-order valence-corrected chi connectivity index (χ1v) is 5.22. The fourth-order valence-electron chi connectivity index (χ4n) is 1.57. The van der Waals surface area contributed by atoms with Crippen LogP contribution in [0.5, 0.6) is 0 Å². The Balaban J connectivity index is 1.93. The van der Waals surface area contributed by atoms with Gasteiger partial charge in [0.15, 0.2) is 11.5 Å². The predicted octanol–water partition coefficient (Wildman–Crippen LogP) is 2.14. The zero-order chi connectivity index (χ0) is 11.5. The first kappa shape index (κ1) is 10.7. The number of carbonyl (C=O) groups is 1. The average molecular weight is 218 g/mol. The molecule has 2 aromatic rings. The second-order valence-corrected chi connectivity index (χ2v) is 3.86. The van der Waals surface area contributed by atoms with Crippen molar-refractivity contribution in [3.8, 4) is 0 Å². The van der Waals surface area contributed by atoms with E-state index in [1.807, 2.05) is 20.2 Å². The highest BCUT2D eigenvalue weighted by Crippen LogP contribution is 2.11. The van der Waals surface area contributed by atoms with Gasteiger partial charge in [0.05, 0.1) is 6.20 Å². The van der Waals surface area contributed by atoms with Crippen molar-refractivity contribution < 1.29 is 9.21 Å². The summed E-state index contributed by atoms with van der Waals surface area (Å²) in [5.74, 6) is 1.25. The Morgan fingerprint density at radius 3 is 2.88 bits per heavy atom. The smallest absolute Gasteiger partial charge is 0.198 e. The second kappa shape index (κ2) is 4.35. The molecule has 0 saturated carbocycles. The van der Waals surface area contributed by atoms with E-state index in [1.165, 1.54) is 0 Å². The molecule has 0 saturated heterocycles. The van der Waals surface area contributed by atoms with E-state index in [4.69, 9.17) is 4.42 Å². The van der Waals surface area contributed by atoms with Crippen molar-refractivity contribution in [1.29, 1.82) is 0 Å². The summed E-state index contributed by atoms with van der Waals surface area (Å²) in [7, 11) is 1.86. The quantitative estimate of drug-likeness (QED) is 0.739. The molecular weight excluding hydrogens is 204 g/mol. The molecule has 0 radical (unpaired) electrons. The number of nitrogens with zero attached hydrogens (tertiary/aromatic N) is 2. The maximum absolute atomic E-state index is 11.7. The van der Waals surface area contributed by atoms with Gasteiger partial charge in [-0.3, -0.25) is 9.48 Å². The zero-order valence-corrected chi connectivity index (χ0v) is 9.43. The molecule has 0 bridgehead atoms. The van der Waals surface area contributed by atoms with Crippen molar-refractivity contribution in [3.05, 3.63) is 41.6 Å². The summed E-state index contributed by atoms with van der Waals surface area (Å²) in [5, 5.41) is 4.05. The minimum absolute atomic E-state index is 0.0388. The lowest BCUT2D eigenvalue weighted by Crippen LogP contribution is -1.99. The van der Waals surface area contributed by atoms with Crippen LogP contribution in [0.3, 0.4) is 0 Å². The molecule has 0 amide bonds. The van der Waals surface area contributed by atoms with Crippen molar-refractivity contribution in [3.63, 3.8) is 0 Å². The van der Waals surface area contributed by atoms with E-state index in [1.54, 1.807) is 23.0 Å². The number of ketones is 1. The van der Waals surface area contributed by atoms with Crippen LogP contribution in [0.25, 0.3) is 0 Å².